The van der Waals surface area contributed by atoms with Gasteiger partial charge >= 0.3 is 6.09 Å². The average Bonchev–Trinajstić information content (AvgIpc) is 1.63. The molecule has 3 atom stereocenters. The van der Waals surface area contributed by atoms with Crippen molar-refractivity contribution in [2.45, 2.75) is 96.4 Å². The number of halogens is 1. The monoisotopic (exact) mass is 1330 g/mol. The highest BCUT2D eigenvalue weighted by Gasteiger charge is 2.48. The summed E-state index contributed by atoms with van der Waals surface area (Å²) in [6, 6.07) is 10.6. The summed E-state index contributed by atoms with van der Waals surface area (Å²) in [7, 11) is 0. The van der Waals surface area contributed by atoms with Crippen LogP contribution in [0.3, 0.4) is 0 Å². The number of piperidine rings is 3. The first-order chi connectivity index (χ1) is 45.5. The van der Waals surface area contributed by atoms with Gasteiger partial charge in [0.1, 0.15) is 29.5 Å². The molecule has 9 rings (SSSR count). The van der Waals surface area contributed by atoms with Gasteiger partial charge in [0.05, 0.1) is 106 Å². The molecule has 95 heavy (non-hydrogen) atoms. The molecule has 3 fully saturated rings. The third-order valence-electron chi connectivity index (χ3n) is 14.4. The van der Waals surface area contributed by atoms with Crippen molar-refractivity contribution in [3.8, 4) is 0 Å². The van der Waals surface area contributed by atoms with Gasteiger partial charge in [0.2, 0.25) is 35.4 Å². The molecule has 10 N–H and O–H groups in total. The quantitative estimate of drug-likeness (QED) is 0.0357. The lowest BCUT2D eigenvalue weighted by molar-refractivity contribution is -0.137. The van der Waals surface area contributed by atoms with Crippen LogP contribution < -0.4 is 43.4 Å². The molecule has 516 valence electrons. The molecular weight excluding hydrogens is 1250 g/mol. The van der Waals surface area contributed by atoms with Gasteiger partial charge in [-0.05, 0) is 82.9 Å². The van der Waals surface area contributed by atoms with Crippen LogP contribution in [0, 0.1) is 5.82 Å². The molecule has 0 spiro atoms. The Morgan fingerprint density at radius 2 is 0.811 bits per heavy atom. The number of alkyl carbamates (subject to hydrolysis) is 1. The van der Waals surface area contributed by atoms with Crippen molar-refractivity contribution >= 4 is 88.4 Å². The molecule has 31 nitrogen and oxygen atoms in total. The Balaban J connectivity index is 0.000000205. The predicted octanol–water partition coefficient (Wildman–Crippen LogP) is 1.16. The van der Waals surface area contributed by atoms with Gasteiger partial charge < -0.3 is 60.6 Å². The molecule has 3 unspecified atom stereocenters. The normalized spacial score (nSPS) is 18.1. The lowest BCUT2D eigenvalue weighted by atomic mass is 10.0. The van der Waals surface area contributed by atoms with Crippen molar-refractivity contribution in [1.82, 2.24) is 36.0 Å². The number of imide groups is 6. The molecule has 0 bridgehead atoms. The third kappa shape index (κ3) is 21.0. The summed E-state index contributed by atoms with van der Waals surface area (Å²) in [6.45, 7) is 15.6. The van der Waals surface area contributed by atoms with Crippen LogP contribution in [-0.4, -0.2) is 227 Å². The SMILES string of the molecule is CC(C)(C)OC(=O)NCCOCCOCCN.CCCOCCOCCNc1cccc2c1C(=O)N(C1CCC(=O)NC1=O)C2=O.NCCOCCOCCNc1cccc2c1C(=O)N(C1CCC(=O)NC1=O)C2=O.O=C1CCC(N2C(=O)c3cccc(F)c3C2=O)C(=O)N1. The number of amides is 13. The summed E-state index contributed by atoms with van der Waals surface area (Å²) in [5, 5.41) is 15.3. The molecule has 6 heterocycles. The molecule has 0 radical (unpaired) electrons. The highest BCUT2D eigenvalue weighted by Crippen LogP contribution is 2.35. The maximum atomic E-state index is 13.7. The molecule has 6 aliphatic heterocycles. The Hall–Kier alpha value is -9.02. The largest absolute Gasteiger partial charge is 0.444 e. The van der Waals surface area contributed by atoms with Gasteiger partial charge in [-0.3, -0.25) is 88.2 Å². The molecule has 32 heteroatoms. The van der Waals surface area contributed by atoms with Crippen LogP contribution in [0.4, 0.5) is 20.6 Å². The Morgan fingerprint density at radius 1 is 0.474 bits per heavy atom. The number of rotatable bonds is 29. The van der Waals surface area contributed by atoms with Gasteiger partial charge in [0.25, 0.3) is 35.4 Å². The number of anilines is 2. The molecule has 0 saturated carbocycles. The van der Waals surface area contributed by atoms with Crippen LogP contribution in [0.5, 0.6) is 0 Å². The Bertz CT molecular complexity index is 3170. The number of hydrogen-bond donors (Lipinski definition) is 8. The first kappa shape index (κ1) is 75.0. The number of nitrogens with two attached hydrogens (primary N) is 2. The van der Waals surface area contributed by atoms with Crippen molar-refractivity contribution in [2.75, 3.05) is 123 Å². The van der Waals surface area contributed by atoms with E-state index in [0.717, 1.165) is 27.2 Å². The molecular formula is C63H82FN11O20. The molecule has 0 aliphatic carbocycles. The van der Waals surface area contributed by atoms with Gasteiger partial charge in [0.15, 0.2) is 0 Å². The number of fused-ring (bicyclic) bond motifs is 3. The number of nitrogens with zero attached hydrogens (tertiary/aromatic N) is 3. The summed E-state index contributed by atoms with van der Waals surface area (Å²) in [4.78, 5) is 159. The van der Waals surface area contributed by atoms with E-state index in [0.29, 0.717) is 123 Å². The van der Waals surface area contributed by atoms with E-state index in [-0.39, 0.29) is 71.9 Å². The topological polar surface area (TPSA) is 420 Å². The van der Waals surface area contributed by atoms with E-state index in [4.69, 9.17) is 44.6 Å². The Labute approximate surface area is 546 Å². The molecule has 3 aromatic rings. The third-order valence-corrected chi connectivity index (χ3v) is 14.4. The van der Waals surface area contributed by atoms with E-state index >= 15 is 0 Å². The van der Waals surface area contributed by atoms with Crippen LogP contribution in [-0.2, 0) is 61.9 Å². The number of ether oxygens (including phenoxy) is 7. The molecule has 3 aromatic carbocycles. The van der Waals surface area contributed by atoms with Crippen LogP contribution in [0.25, 0.3) is 0 Å². The zero-order valence-electron chi connectivity index (χ0n) is 53.4. The maximum absolute atomic E-state index is 13.7. The smallest absolute Gasteiger partial charge is 0.407 e. The van der Waals surface area contributed by atoms with Crippen molar-refractivity contribution in [3.63, 3.8) is 0 Å². The average molecular weight is 1330 g/mol. The van der Waals surface area contributed by atoms with E-state index in [1.165, 1.54) is 12.1 Å². The Morgan fingerprint density at radius 3 is 1.16 bits per heavy atom. The van der Waals surface area contributed by atoms with Gasteiger partial charge in [-0.1, -0.05) is 25.1 Å². The standard InChI is InChI=1S/C20H25N3O6.C19H24N4O6.C13H9FN2O4.C11H24N2O4/c1-2-9-28-11-12-29-10-8-21-14-5-3-4-13-17(14)20(27)23(19(13)26)15-6-7-16(24)22-18(15)25;20-6-8-28-10-11-29-9-7-21-13-3-1-2-12-16(13)19(27)23(18(12)26)14-4-5-15(24)22-17(14)25;14-7-3-1-2-6-10(7)13(20)16(12(6)19)8-4-5-9(17)15-11(8)18;1-11(2,3)17-10(14)13-5-7-16-9-8-15-6-4-12/h3-5,15,21H,2,6-12H2,1H3,(H,22,24,25);1-3,14,21H,4-11,20H2,(H,22,24,25);1-3,8H,4-5H2,(H,15,17,18);4-9,12H2,1-3H3,(H,13,14). The van der Waals surface area contributed by atoms with Crippen LogP contribution in [0.1, 0.15) is 135 Å². The predicted molar refractivity (Wildman–Crippen MR) is 334 cm³/mol. The molecule has 3 saturated heterocycles. The Kier molecular flexibility index (Phi) is 29.4. The van der Waals surface area contributed by atoms with E-state index in [9.17, 15) is 66.7 Å². The lowest BCUT2D eigenvalue weighted by Crippen LogP contribution is -2.54. The number of hydrogen-bond acceptors (Lipinski definition) is 24. The number of benzene rings is 3. The summed E-state index contributed by atoms with van der Waals surface area (Å²) < 4.78 is 50.5. The zero-order chi connectivity index (χ0) is 69.2. The minimum atomic E-state index is -1.07. The van der Waals surface area contributed by atoms with Gasteiger partial charge in [-0.2, -0.15) is 0 Å². The van der Waals surface area contributed by atoms with Gasteiger partial charge in [-0.15, -0.1) is 0 Å². The van der Waals surface area contributed by atoms with Crippen molar-refractivity contribution in [2.24, 2.45) is 11.5 Å². The second-order valence-electron chi connectivity index (χ2n) is 22.5. The maximum Gasteiger partial charge on any atom is 0.407 e. The molecule has 6 aliphatic rings. The van der Waals surface area contributed by atoms with Crippen LogP contribution >= 0.6 is 0 Å². The van der Waals surface area contributed by atoms with E-state index in [1.807, 2.05) is 27.7 Å². The summed E-state index contributed by atoms with van der Waals surface area (Å²) in [5.41, 5.74) is 11.7. The fourth-order valence-electron chi connectivity index (χ4n) is 10.1. The second kappa shape index (κ2) is 37.2. The van der Waals surface area contributed by atoms with E-state index in [1.54, 1.807) is 36.4 Å². The minimum absolute atomic E-state index is 0.0340. The zero-order valence-corrected chi connectivity index (χ0v) is 53.4. The lowest BCUT2D eigenvalue weighted by Gasteiger charge is -2.27. The second-order valence-corrected chi connectivity index (χ2v) is 22.5. The minimum Gasteiger partial charge on any atom is -0.444 e. The van der Waals surface area contributed by atoms with Gasteiger partial charge in [-0.25, -0.2) is 9.18 Å². The highest BCUT2D eigenvalue weighted by molar-refractivity contribution is 6.27. The summed E-state index contributed by atoms with van der Waals surface area (Å²) >= 11 is 0. The summed E-state index contributed by atoms with van der Waals surface area (Å²) in [6.07, 6.45) is 1.05. The number of carbonyl (C=O) groups is 13. The van der Waals surface area contributed by atoms with Crippen molar-refractivity contribution < 1.29 is 99.9 Å². The molecule has 0 aromatic heterocycles. The molecule has 13 amide bonds. The first-order valence-electron chi connectivity index (χ1n) is 31.0. The highest BCUT2D eigenvalue weighted by atomic mass is 19.1. The van der Waals surface area contributed by atoms with Crippen molar-refractivity contribution in [1.29, 1.82) is 0 Å². The van der Waals surface area contributed by atoms with E-state index < -0.39 is 107 Å². The summed E-state index contributed by atoms with van der Waals surface area (Å²) in [5.74, 6) is -7.68. The first-order valence-corrected chi connectivity index (χ1v) is 31.0. The fourth-order valence-corrected chi connectivity index (χ4v) is 10.1. The van der Waals surface area contributed by atoms with Crippen LogP contribution in [0.15, 0.2) is 54.6 Å². The number of carbonyl (C=O) groups excluding carboxylic acids is 13. The van der Waals surface area contributed by atoms with Crippen molar-refractivity contribution in [3.05, 3.63) is 93.8 Å². The van der Waals surface area contributed by atoms with Gasteiger partial charge in [0, 0.05) is 70.0 Å². The van der Waals surface area contributed by atoms with Crippen LogP contribution in [0.2, 0.25) is 0 Å². The van der Waals surface area contributed by atoms with E-state index in [2.05, 4.69) is 31.9 Å². The fraction of sp³-hybridized carbons (Fsp3) is 0.508. The number of nitrogens with one attached hydrogen (secondary N) is 6.